The van der Waals surface area contributed by atoms with Crippen LogP contribution in [0.1, 0.15) is 6.92 Å². The van der Waals surface area contributed by atoms with Crippen LogP contribution in [0.5, 0.6) is 0 Å². The molecule has 0 aliphatic carbocycles. The van der Waals surface area contributed by atoms with Crippen molar-refractivity contribution >= 4 is 24.8 Å². The van der Waals surface area contributed by atoms with Crippen molar-refractivity contribution in [1.82, 2.24) is 0 Å². The number of hydrogen-bond acceptors (Lipinski definition) is 1. The molecule has 1 N–H and O–H groups in total. The molecule has 0 rings (SSSR count). The number of carboxylic acids is 1. The topological polar surface area (TPSA) is 37.3 Å². The van der Waals surface area contributed by atoms with E-state index in [0.717, 1.165) is 6.92 Å². The zero-order chi connectivity index (χ0) is 3.58. The summed E-state index contributed by atoms with van der Waals surface area (Å²) in [4.78, 5) is 9.00. The maximum atomic E-state index is 9.00. The van der Waals surface area contributed by atoms with Gasteiger partial charge < -0.3 is 5.11 Å². The number of carboxylic acid groups (broad SMARTS) is 1. The molecule has 0 aromatic rings. The van der Waals surface area contributed by atoms with Gasteiger partial charge in [0.05, 0.1) is 0 Å². The number of carbonyl (C=O) groups is 1. The second-order valence-electron chi connectivity index (χ2n) is 0.519. The van der Waals surface area contributed by atoms with Crippen LogP contribution >= 0.6 is 0 Å². The van der Waals surface area contributed by atoms with E-state index in [1.54, 1.807) is 0 Å². The van der Waals surface area contributed by atoms with Gasteiger partial charge in [0.2, 0.25) is 0 Å². The fourth-order valence-corrected chi connectivity index (χ4v) is 0. The van der Waals surface area contributed by atoms with E-state index in [1.807, 2.05) is 0 Å². The standard InChI is InChI=1S/C2H4O2.Li.Ti.H/c1-2(3)4;;;/h1H3,(H,3,4);;;. The van der Waals surface area contributed by atoms with E-state index >= 15 is 0 Å². The van der Waals surface area contributed by atoms with Gasteiger partial charge in [-0.05, 0) is 0 Å². The first-order chi connectivity index (χ1) is 1.73. The van der Waals surface area contributed by atoms with Crippen molar-refractivity contribution < 1.29 is 31.6 Å². The Bertz CT molecular complexity index is 34.5. The zero-order valence-electron chi connectivity index (χ0n) is 2.86. The van der Waals surface area contributed by atoms with Crippen LogP contribution in [0.3, 0.4) is 0 Å². The van der Waals surface area contributed by atoms with Crippen molar-refractivity contribution in [2.24, 2.45) is 0 Å². The number of rotatable bonds is 0. The Balaban J connectivity index is -0.0000000450. The molecule has 0 aliphatic heterocycles. The first-order valence-corrected chi connectivity index (χ1v) is 0.928. The molecule has 0 unspecified atom stereocenters. The Morgan fingerprint density at radius 3 is 1.67 bits per heavy atom. The largest absolute Gasteiger partial charge is 0 e. The van der Waals surface area contributed by atoms with Crippen molar-refractivity contribution in [1.29, 1.82) is 0 Å². The van der Waals surface area contributed by atoms with Crippen LogP contribution in [0, 0.1) is 0 Å². The van der Waals surface area contributed by atoms with Gasteiger partial charge in [0, 0.05) is 28.6 Å². The molecule has 4 heteroatoms. The molecule has 0 aromatic heterocycles. The van der Waals surface area contributed by atoms with Crippen molar-refractivity contribution in [3.05, 3.63) is 0 Å². The third kappa shape index (κ3) is 112. The molecule has 6 heavy (non-hydrogen) atoms. The Kier molecular flexibility index (Phi) is 24.4. The molecule has 0 aliphatic rings. The smallest absolute Gasteiger partial charge is 0 e. The first kappa shape index (κ1) is 15.9. The molecule has 0 spiro atoms. The number of aliphatic carboxylic acids is 1. The summed E-state index contributed by atoms with van der Waals surface area (Å²) >= 11 is 0. The molecule has 0 heterocycles. The summed E-state index contributed by atoms with van der Waals surface area (Å²) in [5.74, 6) is -0.833. The Morgan fingerprint density at radius 2 is 1.67 bits per heavy atom. The van der Waals surface area contributed by atoms with Gasteiger partial charge in [-0.15, -0.1) is 0 Å². The Labute approximate surface area is 63.4 Å². The van der Waals surface area contributed by atoms with Gasteiger partial charge >= 0.3 is 18.9 Å². The van der Waals surface area contributed by atoms with Crippen molar-refractivity contribution in [3.8, 4) is 0 Å². The van der Waals surface area contributed by atoms with Gasteiger partial charge in [0.25, 0.3) is 5.97 Å². The minimum atomic E-state index is -0.833. The maximum absolute atomic E-state index is 9.00. The predicted molar refractivity (Wildman–Crippen MR) is 20.5 cm³/mol. The van der Waals surface area contributed by atoms with Crippen molar-refractivity contribution in [3.63, 3.8) is 0 Å². The molecule has 0 atom stereocenters. The summed E-state index contributed by atoms with van der Waals surface area (Å²) in [6, 6.07) is 0. The van der Waals surface area contributed by atoms with Crippen LogP contribution < -0.4 is 0 Å². The molecule has 0 saturated heterocycles. The second kappa shape index (κ2) is 9.24. The molecule has 2 nitrogen and oxygen atoms in total. The SMILES string of the molecule is CC(=O)O.[LiH].[Ti]. The fourth-order valence-electron chi connectivity index (χ4n) is 0. The summed E-state index contributed by atoms with van der Waals surface area (Å²) in [6.45, 7) is 1.08. The fraction of sp³-hybridized carbons (Fsp3) is 0.500. The first-order valence-electron chi connectivity index (χ1n) is 0.928. The van der Waals surface area contributed by atoms with E-state index in [1.165, 1.54) is 0 Å². The number of hydrogen-bond donors (Lipinski definition) is 1. The minimum absolute atomic E-state index is 0. The van der Waals surface area contributed by atoms with Gasteiger partial charge in [0.1, 0.15) is 0 Å². The molecule has 0 radical (unpaired) electrons. The van der Waals surface area contributed by atoms with Gasteiger partial charge in [-0.3, -0.25) is 4.79 Å². The molecule has 0 saturated carbocycles. The summed E-state index contributed by atoms with van der Waals surface area (Å²) in [5.41, 5.74) is 0. The van der Waals surface area contributed by atoms with Crippen LogP contribution in [0.25, 0.3) is 0 Å². The van der Waals surface area contributed by atoms with Crippen LogP contribution in [0.2, 0.25) is 0 Å². The van der Waals surface area contributed by atoms with E-state index in [0.29, 0.717) is 0 Å². The monoisotopic (exact) mass is 116 g/mol. The van der Waals surface area contributed by atoms with Gasteiger partial charge in [0.15, 0.2) is 0 Å². The van der Waals surface area contributed by atoms with Crippen LogP contribution in [-0.2, 0) is 26.5 Å². The maximum Gasteiger partial charge on any atom is 0 e. The van der Waals surface area contributed by atoms with Crippen molar-refractivity contribution in [2.75, 3.05) is 0 Å². The summed E-state index contributed by atoms with van der Waals surface area (Å²) in [6.07, 6.45) is 0. The molecule has 0 bridgehead atoms. The Hall–Kier alpha value is 0.782. The molecule has 0 aromatic carbocycles. The molecule has 30 valence electrons. The van der Waals surface area contributed by atoms with Gasteiger partial charge in [-0.1, -0.05) is 0 Å². The predicted octanol–water partition coefficient (Wildman–Crippen LogP) is -0.560. The summed E-state index contributed by atoms with van der Waals surface area (Å²) in [5, 5.41) is 7.42. The van der Waals surface area contributed by atoms with E-state index in [-0.39, 0.29) is 40.6 Å². The van der Waals surface area contributed by atoms with Crippen LogP contribution in [0.4, 0.5) is 0 Å². The van der Waals surface area contributed by atoms with Gasteiger partial charge in [-0.25, -0.2) is 0 Å². The molecular weight excluding hydrogens is 111 g/mol. The average Bonchev–Trinajstić information content (AvgIpc) is 0.811. The quantitative estimate of drug-likeness (QED) is 0.430. The van der Waals surface area contributed by atoms with Gasteiger partial charge in [-0.2, -0.15) is 0 Å². The van der Waals surface area contributed by atoms with Crippen LogP contribution in [-0.4, -0.2) is 29.9 Å². The summed E-state index contributed by atoms with van der Waals surface area (Å²) in [7, 11) is 0. The molecule has 0 amide bonds. The van der Waals surface area contributed by atoms with E-state index in [4.69, 9.17) is 9.90 Å². The average molecular weight is 116 g/mol. The zero-order valence-corrected chi connectivity index (χ0v) is 4.42. The normalized spacial score (nSPS) is 4.17. The van der Waals surface area contributed by atoms with Crippen LogP contribution in [0.15, 0.2) is 0 Å². The second-order valence-corrected chi connectivity index (χ2v) is 0.519. The van der Waals surface area contributed by atoms with Crippen molar-refractivity contribution in [2.45, 2.75) is 6.92 Å². The van der Waals surface area contributed by atoms with E-state index in [2.05, 4.69) is 0 Å². The molecular formula is C2H5LiO2Ti. The van der Waals surface area contributed by atoms with E-state index < -0.39 is 5.97 Å². The molecule has 0 fully saturated rings. The Morgan fingerprint density at radius 1 is 1.67 bits per heavy atom. The third-order valence-corrected chi connectivity index (χ3v) is 0. The summed E-state index contributed by atoms with van der Waals surface area (Å²) < 4.78 is 0. The minimum Gasteiger partial charge on any atom is 0 e. The van der Waals surface area contributed by atoms with E-state index in [9.17, 15) is 0 Å². The third-order valence-electron chi connectivity index (χ3n) is 0.